The molecule has 3 aromatic rings. The fourth-order valence-electron chi connectivity index (χ4n) is 4.08. The highest BCUT2D eigenvalue weighted by Crippen LogP contribution is 2.35. The summed E-state index contributed by atoms with van der Waals surface area (Å²) < 4.78 is 25.1. The number of aromatic nitrogens is 1. The number of amides is 1. The zero-order valence-electron chi connectivity index (χ0n) is 18.1. The topological polar surface area (TPSA) is 60.5 Å². The Kier molecular flexibility index (Phi) is 7.17. The average molecular weight is 455 g/mol. The molecule has 0 unspecified atom stereocenters. The van der Waals surface area contributed by atoms with Crippen LogP contribution in [0.5, 0.6) is 5.75 Å². The number of para-hydroxylation sites is 1. The molecular formula is C25H27FN2O3S. The second-order valence-corrected chi connectivity index (χ2v) is 8.79. The van der Waals surface area contributed by atoms with Gasteiger partial charge >= 0.3 is 0 Å². The van der Waals surface area contributed by atoms with Crippen molar-refractivity contribution in [1.82, 2.24) is 10.3 Å². The predicted octanol–water partition coefficient (Wildman–Crippen LogP) is 4.76. The number of halogens is 1. The van der Waals surface area contributed by atoms with Gasteiger partial charge in [0.2, 0.25) is 5.91 Å². The molecule has 2 aromatic carbocycles. The molecule has 1 aliphatic rings. The van der Waals surface area contributed by atoms with Crippen LogP contribution in [-0.4, -0.2) is 37.3 Å². The molecule has 0 aliphatic carbocycles. The Morgan fingerprint density at radius 2 is 2.03 bits per heavy atom. The van der Waals surface area contributed by atoms with Crippen LogP contribution in [0.4, 0.5) is 4.39 Å². The van der Waals surface area contributed by atoms with E-state index in [0.717, 1.165) is 40.4 Å². The Labute approximate surface area is 191 Å². The number of nitrogens with zero attached hydrogens (tertiary/aromatic N) is 1. The molecule has 4 rings (SSSR count). The van der Waals surface area contributed by atoms with Gasteiger partial charge in [0.25, 0.3) is 0 Å². The fourth-order valence-corrected chi connectivity index (χ4v) is 4.93. The Hall–Kier alpha value is -2.77. The summed E-state index contributed by atoms with van der Waals surface area (Å²) in [5, 5.41) is 5.81. The summed E-state index contributed by atoms with van der Waals surface area (Å²) in [5.41, 5.74) is 2.24. The van der Waals surface area contributed by atoms with Crippen LogP contribution in [0.25, 0.3) is 10.6 Å². The number of nitrogens with one attached hydrogen (secondary N) is 1. The minimum Gasteiger partial charge on any atom is -0.493 e. The van der Waals surface area contributed by atoms with Crippen molar-refractivity contribution in [2.24, 2.45) is 0 Å². The molecule has 0 atom stereocenters. The summed E-state index contributed by atoms with van der Waals surface area (Å²) in [7, 11) is 0. The summed E-state index contributed by atoms with van der Waals surface area (Å²) in [6, 6.07) is 14.4. The Bertz CT molecular complexity index is 1060. The van der Waals surface area contributed by atoms with E-state index in [1.54, 1.807) is 12.1 Å². The highest BCUT2D eigenvalue weighted by atomic mass is 32.1. The Balaban J connectivity index is 1.43. The van der Waals surface area contributed by atoms with Gasteiger partial charge < -0.3 is 14.8 Å². The van der Waals surface area contributed by atoms with Crippen LogP contribution < -0.4 is 10.1 Å². The van der Waals surface area contributed by atoms with Crippen molar-refractivity contribution in [2.45, 2.75) is 31.6 Å². The number of ether oxygens (including phenoxy) is 2. The molecule has 1 amide bonds. The minimum absolute atomic E-state index is 0.0952. The lowest BCUT2D eigenvalue weighted by Crippen LogP contribution is -2.45. The summed E-state index contributed by atoms with van der Waals surface area (Å²) in [6.45, 7) is 4.17. The van der Waals surface area contributed by atoms with Crippen molar-refractivity contribution in [3.05, 3.63) is 71.0 Å². The lowest BCUT2D eigenvalue weighted by molar-refractivity contribution is -0.121. The molecule has 7 heteroatoms. The molecule has 2 heterocycles. The Morgan fingerprint density at radius 3 is 2.81 bits per heavy atom. The van der Waals surface area contributed by atoms with Crippen molar-refractivity contribution < 1.29 is 18.7 Å². The third-order valence-corrected chi connectivity index (χ3v) is 6.75. The van der Waals surface area contributed by atoms with Crippen LogP contribution in [0, 0.1) is 5.82 Å². The smallest absolute Gasteiger partial charge is 0.226 e. The minimum atomic E-state index is -0.320. The van der Waals surface area contributed by atoms with E-state index in [9.17, 15) is 9.18 Å². The van der Waals surface area contributed by atoms with Crippen LogP contribution in [-0.2, 0) is 21.4 Å². The highest BCUT2D eigenvalue weighted by molar-refractivity contribution is 7.13. The summed E-state index contributed by atoms with van der Waals surface area (Å²) in [6.07, 6.45) is 1.68. The van der Waals surface area contributed by atoms with Crippen LogP contribution >= 0.6 is 11.3 Å². The van der Waals surface area contributed by atoms with Crippen LogP contribution in [0.3, 0.4) is 0 Å². The second-order valence-electron chi connectivity index (χ2n) is 7.93. The molecule has 0 bridgehead atoms. The van der Waals surface area contributed by atoms with E-state index in [1.165, 1.54) is 17.4 Å². The molecule has 1 fully saturated rings. The number of carbonyl (C=O) groups excluding carboxylic acids is 1. The number of hydrogen-bond acceptors (Lipinski definition) is 5. The second kappa shape index (κ2) is 10.2. The van der Waals surface area contributed by atoms with Gasteiger partial charge in [0.15, 0.2) is 0 Å². The molecule has 0 saturated carbocycles. The zero-order chi connectivity index (χ0) is 22.4. The first-order valence-corrected chi connectivity index (χ1v) is 11.7. The fraction of sp³-hybridized carbons (Fsp3) is 0.360. The Morgan fingerprint density at radius 1 is 1.22 bits per heavy atom. The van der Waals surface area contributed by atoms with Crippen LogP contribution in [0.15, 0.2) is 53.9 Å². The van der Waals surface area contributed by atoms with Crippen molar-refractivity contribution in [2.75, 3.05) is 26.4 Å². The van der Waals surface area contributed by atoms with E-state index in [4.69, 9.17) is 9.47 Å². The van der Waals surface area contributed by atoms with Gasteiger partial charge in [-0.2, -0.15) is 0 Å². The first-order valence-electron chi connectivity index (χ1n) is 10.9. The summed E-state index contributed by atoms with van der Waals surface area (Å²) in [5.74, 6) is 0.432. The lowest BCUT2D eigenvalue weighted by Gasteiger charge is -2.38. The maximum Gasteiger partial charge on any atom is 0.226 e. The molecule has 1 saturated heterocycles. The van der Waals surface area contributed by atoms with Gasteiger partial charge in [-0.3, -0.25) is 4.79 Å². The molecule has 0 spiro atoms. The number of rotatable bonds is 8. The molecule has 32 heavy (non-hydrogen) atoms. The number of hydrogen-bond donors (Lipinski definition) is 1. The zero-order valence-corrected chi connectivity index (χ0v) is 18.9. The highest BCUT2D eigenvalue weighted by Gasteiger charge is 2.35. The van der Waals surface area contributed by atoms with Gasteiger partial charge in [-0.25, -0.2) is 9.37 Å². The number of carbonyl (C=O) groups is 1. The quantitative estimate of drug-likeness (QED) is 0.533. The van der Waals surface area contributed by atoms with E-state index in [1.807, 2.05) is 42.6 Å². The monoisotopic (exact) mass is 454 g/mol. The standard InChI is InChI=1S/C25H27FN2O3S/c1-2-31-22-9-4-3-8-21(22)24-28-20(16-32-24)15-23(29)27-17-25(10-12-30-13-11-25)18-6-5-7-19(26)14-18/h3-9,14,16H,2,10-13,15,17H2,1H3,(H,27,29). The average Bonchev–Trinajstić information content (AvgIpc) is 3.27. The number of benzene rings is 2. The van der Waals surface area contributed by atoms with Gasteiger partial charge in [0, 0.05) is 30.6 Å². The van der Waals surface area contributed by atoms with Gasteiger partial charge in [-0.1, -0.05) is 24.3 Å². The van der Waals surface area contributed by atoms with Crippen molar-refractivity contribution in [3.63, 3.8) is 0 Å². The van der Waals surface area contributed by atoms with E-state index in [0.29, 0.717) is 26.4 Å². The first kappa shape index (κ1) is 22.4. The van der Waals surface area contributed by atoms with Crippen molar-refractivity contribution in [1.29, 1.82) is 0 Å². The molecule has 168 valence electrons. The summed E-state index contributed by atoms with van der Waals surface area (Å²) >= 11 is 1.50. The van der Waals surface area contributed by atoms with E-state index < -0.39 is 0 Å². The maximum atomic E-state index is 13.9. The van der Waals surface area contributed by atoms with Crippen molar-refractivity contribution >= 4 is 17.2 Å². The molecule has 1 aromatic heterocycles. The lowest BCUT2D eigenvalue weighted by atomic mass is 9.74. The third kappa shape index (κ3) is 5.16. The molecular weight excluding hydrogens is 427 g/mol. The van der Waals surface area contributed by atoms with Gasteiger partial charge in [-0.05, 0) is 49.6 Å². The molecule has 0 radical (unpaired) electrons. The third-order valence-electron chi connectivity index (χ3n) is 5.82. The van der Waals surface area contributed by atoms with Gasteiger partial charge in [0.05, 0.1) is 24.3 Å². The molecule has 1 aliphatic heterocycles. The predicted molar refractivity (Wildman–Crippen MR) is 124 cm³/mol. The SMILES string of the molecule is CCOc1ccccc1-c1nc(CC(=O)NCC2(c3cccc(F)c3)CCOCC2)cs1. The van der Waals surface area contributed by atoms with E-state index >= 15 is 0 Å². The van der Waals surface area contributed by atoms with E-state index in [-0.39, 0.29) is 23.6 Å². The normalized spacial score (nSPS) is 15.3. The molecule has 1 N–H and O–H groups in total. The van der Waals surface area contributed by atoms with Gasteiger partial charge in [0.1, 0.15) is 16.6 Å². The largest absolute Gasteiger partial charge is 0.493 e. The van der Waals surface area contributed by atoms with Crippen LogP contribution in [0.2, 0.25) is 0 Å². The summed E-state index contributed by atoms with van der Waals surface area (Å²) in [4.78, 5) is 17.4. The van der Waals surface area contributed by atoms with Gasteiger partial charge in [-0.15, -0.1) is 11.3 Å². The maximum absolute atomic E-state index is 13.9. The molecule has 5 nitrogen and oxygen atoms in total. The van der Waals surface area contributed by atoms with Crippen molar-refractivity contribution in [3.8, 4) is 16.3 Å². The van der Waals surface area contributed by atoms with E-state index in [2.05, 4.69) is 10.3 Å². The number of thiazole rings is 1. The first-order chi connectivity index (χ1) is 15.6. The van der Waals surface area contributed by atoms with Crippen LogP contribution in [0.1, 0.15) is 31.0 Å².